The molecule has 1 heterocycles. The van der Waals surface area contributed by atoms with Crippen LogP contribution >= 0.6 is 0 Å². The zero-order valence-corrected chi connectivity index (χ0v) is 13.0. The van der Waals surface area contributed by atoms with Crippen LogP contribution in [0.3, 0.4) is 0 Å². The van der Waals surface area contributed by atoms with Gasteiger partial charge in [0.1, 0.15) is 18.5 Å². The van der Waals surface area contributed by atoms with Crippen molar-refractivity contribution in [1.29, 1.82) is 0 Å². The predicted octanol–water partition coefficient (Wildman–Crippen LogP) is 2.91. The molecular formula is C17H23FN4. The molecule has 1 atom stereocenters. The first-order valence-electron chi connectivity index (χ1n) is 8.00. The fourth-order valence-electron chi connectivity index (χ4n) is 3.46. The summed E-state index contributed by atoms with van der Waals surface area (Å²) >= 11 is 0. The van der Waals surface area contributed by atoms with Crippen LogP contribution in [0.25, 0.3) is 0 Å². The molecule has 3 rings (SSSR count). The van der Waals surface area contributed by atoms with E-state index in [1.165, 1.54) is 31.2 Å². The van der Waals surface area contributed by atoms with E-state index >= 15 is 0 Å². The zero-order chi connectivity index (χ0) is 15.4. The summed E-state index contributed by atoms with van der Waals surface area (Å²) in [4.78, 5) is 3.97. The van der Waals surface area contributed by atoms with Crippen molar-refractivity contribution in [1.82, 2.24) is 20.1 Å². The Morgan fingerprint density at radius 1 is 1.27 bits per heavy atom. The van der Waals surface area contributed by atoms with Crippen molar-refractivity contribution < 1.29 is 4.39 Å². The maximum atomic E-state index is 13.2. The van der Waals surface area contributed by atoms with E-state index in [1.807, 2.05) is 16.8 Å². The normalized spacial score (nSPS) is 18.5. The van der Waals surface area contributed by atoms with Gasteiger partial charge in [0.05, 0.1) is 6.54 Å². The molecule has 1 saturated carbocycles. The van der Waals surface area contributed by atoms with Gasteiger partial charge < -0.3 is 5.32 Å². The van der Waals surface area contributed by atoms with Crippen LogP contribution in [0, 0.1) is 5.82 Å². The maximum absolute atomic E-state index is 13.2. The maximum Gasteiger partial charge on any atom is 0.137 e. The topological polar surface area (TPSA) is 42.7 Å². The van der Waals surface area contributed by atoms with Gasteiger partial charge in [-0.1, -0.05) is 25.0 Å². The van der Waals surface area contributed by atoms with Crippen LogP contribution in [0.4, 0.5) is 4.39 Å². The molecule has 0 saturated heterocycles. The molecule has 1 aliphatic rings. The molecule has 22 heavy (non-hydrogen) atoms. The van der Waals surface area contributed by atoms with Gasteiger partial charge in [-0.25, -0.2) is 9.37 Å². The lowest BCUT2D eigenvalue weighted by molar-refractivity contribution is 0.357. The van der Waals surface area contributed by atoms with Crippen molar-refractivity contribution >= 4 is 0 Å². The van der Waals surface area contributed by atoms with Crippen molar-refractivity contribution in [3.63, 3.8) is 0 Å². The number of benzene rings is 1. The minimum absolute atomic E-state index is 0.143. The second-order valence-electron chi connectivity index (χ2n) is 6.39. The van der Waals surface area contributed by atoms with Crippen molar-refractivity contribution in [3.05, 3.63) is 48.3 Å². The number of hydrogen-bond donors (Lipinski definition) is 1. The van der Waals surface area contributed by atoms with Gasteiger partial charge in [-0.2, -0.15) is 5.10 Å². The average molecular weight is 302 g/mol. The predicted molar refractivity (Wildman–Crippen MR) is 84.0 cm³/mol. The third-order valence-corrected chi connectivity index (χ3v) is 4.73. The Kier molecular flexibility index (Phi) is 4.52. The molecule has 5 heteroatoms. The Hall–Kier alpha value is -1.75. The van der Waals surface area contributed by atoms with Gasteiger partial charge in [-0.3, -0.25) is 4.68 Å². The second-order valence-corrected chi connectivity index (χ2v) is 6.39. The minimum Gasteiger partial charge on any atom is -0.312 e. The lowest BCUT2D eigenvalue weighted by Gasteiger charge is -2.31. The molecule has 1 aliphatic carbocycles. The van der Waals surface area contributed by atoms with Crippen LogP contribution < -0.4 is 5.32 Å². The number of halogens is 1. The van der Waals surface area contributed by atoms with Gasteiger partial charge in [0.25, 0.3) is 0 Å². The van der Waals surface area contributed by atoms with Crippen molar-refractivity contribution in [2.24, 2.45) is 0 Å². The van der Waals surface area contributed by atoms with Crippen LogP contribution in [0.5, 0.6) is 0 Å². The van der Waals surface area contributed by atoms with E-state index in [-0.39, 0.29) is 11.2 Å². The third kappa shape index (κ3) is 3.35. The Morgan fingerprint density at radius 2 is 2.00 bits per heavy atom. The zero-order valence-electron chi connectivity index (χ0n) is 13.0. The Morgan fingerprint density at radius 3 is 2.64 bits per heavy atom. The van der Waals surface area contributed by atoms with Crippen LogP contribution in [-0.2, 0) is 12.0 Å². The van der Waals surface area contributed by atoms with Gasteiger partial charge in [-0.15, -0.1) is 0 Å². The van der Waals surface area contributed by atoms with Gasteiger partial charge in [0, 0.05) is 18.0 Å². The Balaban J connectivity index is 1.65. The molecule has 0 amide bonds. The molecule has 118 valence electrons. The molecule has 0 aliphatic heterocycles. The lowest BCUT2D eigenvalue weighted by Crippen LogP contribution is -2.41. The van der Waals surface area contributed by atoms with E-state index in [0.717, 1.165) is 13.1 Å². The molecule has 0 spiro atoms. The summed E-state index contributed by atoms with van der Waals surface area (Å²) < 4.78 is 15.0. The van der Waals surface area contributed by atoms with Crippen LogP contribution in [0.2, 0.25) is 0 Å². The van der Waals surface area contributed by atoms with E-state index in [1.54, 1.807) is 24.8 Å². The van der Waals surface area contributed by atoms with E-state index in [0.29, 0.717) is 6.04 Å². The molecular weight excluding hydrogens is 279 g/mol. The summed E-state index contributed by atoms with van der Waals surface area (Å²) in [5.41, 5.74) is 1.40. The standard InChI is InChI=1S/C17H23FN4/c1-14(10-22-13-19-12-21-22)20-11-17(8-2-3-9-17)15-4-6-16(18)7-5-15/h4-7,12-14,20H,2-3,8-11H2,1H3. The quantitative estimate of drug-likeness (QED) is 0.892. The molecule has 1 aromatic heterocycles. The minimum atomic E-state index is -0.163. The highest BCUT2D eigenvalue weighted by atomic mass is 19.1. The Bertz CT molecular complexity index is 573. The highest BCUT2D eigenvalue weighted by molar-refractivity contribution is 5.27. The van der Waals surface area contributed by atoms with Crippen molar-refractivity contribution in [3.8, 4) is 0 Å². The highest BCUT2D eigenvalue weighted by Crippen LogP contribution is 2.40. The largest absolute Gasteiger partial charge is 0.312 e. The first kappa shape index (κ1) is 15.2. The number of nitrogens with one attached hydrogen (secondary N) is 1. The van der Waals surface area contributed by atoms with Crippen LogP contribution in [0.1, 0.15) is 38.2 Å². The number of rotatable bonds is 6. The van der Waals surface area contributed by atoms with Gasteiger partial charge in [0.2, 0.25) is 0 Å². The molecule has 1 N–H and O–H groups in total. The summed E-state index contributed by atoms with van der Waals surface area (Å²) in [6.45, 7) is 3.89. The van der Waals surface area contributed by atoms with Gasteiger partial charge >= 0.3 is 0 Å². The fraction of sp³-hybridized carbons (Fsp3) is 0.529. The van der Waals surface area contributed by atoms with Crippen LogP contribution in [-0.4, -0.2) is 27.4 Å². The SMILES string of the molecule is CC(Cn1cncn1)NCC1(c2ccc(F)cc2)CCCC1. The third-order valence-electron chi connectivity index (χ3n) is 4.73. The molecule has 4 nitrogen and oxygen atoms in total. The number of hydrogen-bond acceptors (Lipinski definition) is 3. The Labute approximate surface area is 130 Å². The molecule has 0 bridgehead atoms. The first-order chi connectivity index (χ1) is 10.7. The summed E-state index contributed by atoms with van der Waals surface area (Å²) in [6.07, 6.45) is 8.13. The molecule has 1 aromatic carbocycles. The van der Waals surface area contributed by atoms with Crippen molar-refractivity contribution in [2.75, 3.05) is 6.54 Å². The van der Waals surface area contributed by atoms with E-state index < -0.39 is 0 Å². The lowest BCUT2D eigenvalue weighted by atomic mass is 9.78. The van der Waals surface area contributed by atoms with E-state index in [4.69, 9.17) is 0 Å². The molecule has 2 aromatic rings. The molecule has 1 fully saturated rings. The van der Waals surface area contributed by atoms with Gasteiger partial charge in [-0.05, 0) is 37.5 Å². The number of aromatic nitrogens is 3. The van der Waals surface area contributed by atoms with Crippen LogP contribution in [0.15, 0.2) is 36.9 Å². The molecule has 1 unspecified atom stereocenters. The fourth-order valence-corrected chi connectivity index (χ4v) is 3.46. The second kappa shape index (κ2) is 6.57. The average Bonchev–Trinajstić information content (AvgIpc) is 3.18. The smallest absolute Gasteiger partial charge is 0.137 e. The summed E-state index contributed by atoms with van der Waals surface area (Å²) in [5, 5.41) is 7.78. The highest BCUT2D eigenvalue weighted by Gasteiger charge is 2.35. The first-order valence-corrected chi connectivity index (χ1v) is 8.00. The van der Waals surface area contributed by atoms with Crippen molar-refractivity contribution in [2.45, 2.75) is 50.6 Å². The van der Waals surface area contributed by atoms with Gasteiger partial charge in [0.15, 0.2) is 0 Å². The molecule has 0 radical (unpaired) electrons. The summed E-state index contributed by atoms with van der Waals surface area (Å²) in [5.74, 6) is -0.163. The summed E-state index contributed by atoms with van der Waals surface area (Å²) in [6, 6.07) is 7.37. The van der Waals surface area contributed by atoms with E-state index in [9.17, 15) is 4.39 Å². The summed E-state index contributed by atoms with van der Waals surface area (Å²) in [7, 11) is 0. The monoisotopic (exact) mass is 302 g/mol. The number of nitrogens with zero attached hydrogens (tertiary/aromatic N) is 3. The van der Waals surface area contributed by atoms with E-state index in [2.05, 4.69) is 22.3 Å².